The molecule has 0 fully saturated rings. The number of carbonyl (C=O) groups excluding carboxylic acids is 1. The summed E-state index contributed by atoms with van der Waals surface area (Å²) in [5.74, 6) is -2.87. The van der Waals surface area contributed by atoms with Crippen molar-refractivity contribution in [2.75, 3.05) is 11.1 Å². The van der Waals surface area contributed by atoms with Gasteiger partial charge in [0.15, 0.2) is 11.6 Å². The van der Waals surface area contributed by atoms with E-state index in [0.717, 1.165) is 11.6 Å². The van der Waals surface area contributed by atoms with Gasteiger partial charge in [0.2, 0.25) is 0 Å². The van der Waals surface area contributed by atoms with Gasteiger partial charge in [-0.15, -0.1) is 0 Å². The smallest absolute Gasteiger partial charge is 0.257 e. The number of nitrogen functional groups attached to an aromatic ring is 1. The number of hydrogen-bond acceptors (Lipinski definition) is 3. The van der Waals surface area contributed by atoms with Gasteiger partial charge in [0, 0.05) is 12.4 Å². The number of aromatic nitrogens is 1. The van der Waals surface area contributed by atoms with Crippen LogP contribution in [-0.2, 0) is 0 Å². The van der Waals surface area contributed by atoms with Gasteiger partial charge in [-0.25, -0.2) is 8.78 Å². The van der Waals surface area contributed by atoms with Gasteiger partial charge >= 0.3 is 0 Å². The number of benzene rings is 1. The molecule has 0 saturated heterocycles. The molecule has 0 spiro atoms. The molecule has 0 bridgehead atoms. The second kappa shape index (κ2) is 5.01. The summed E-state index contributed by atoms with van der Waals surface area (Å²) in [4.78, 5) is 15.7. The molecule has 19 heavy (non-hydrogen) atoms. The average molecular weight is 263 g/mol. The molecular formula is C13H11F2N3O. The van der Waals surface area contributed by atoms with E-state index in [-0.39, 0.29) is 16.9 Å². The Morgan fingerprint density at radius 3 is 2.74 bits per heavy atom. The highest BCUT2D eigenvalue weighted by atomic mass is 19.2. The van der Waals surface area contributed by atoms with E-state index in [1.165, 1.54) is 12.3 Å². The highest BCUT2D eigenvalue weighted by Crippen LogP contribution is 2.25. The Bertz CT molecular complexity index is 644. The number of halogens is 2. The van der Waals surface area contributed by atoms with Crippen molar-refractivity contribution in [2.24, 2.45) is 0 Å². The molecular weight excluding hydrogens is 252 g/mol. The summed E-state index contributed by atoms with van der Waals surface area (Å²) in [6, 6.07) is 3.66. The molecule has 1 heterocycles. The second-order valence-electron chi connectivity index (χ2n) is 4.03. The lowest BCUT2D eigenvalue weighted by molar-refractivity contribution is 0.102. The number of anilines is 2. The zero-order valence-corrected chi connectivity index (χ0v) is 10.1. The Morgan fingerprint density at radius 1 is 1.32 bits per heavy atom. The van der Waals surface area contributed by atoms with E-state index in [2.05, 4.69) is 10.3 Å². The summed E-state index contributed by atoms with van der Waals surface area (Å²) in [6.07, 6.45) is 2.91. The molecule has 0 aliphatic rings. The lowest BCUT2D eigenvalue weighted by atomic mass is 10.2. The number of nitrogens with one attached hydrogen (secondary N) is 1. The molecule has 3 N–H and O–H groups in total. The van der Waals surface area contributed by atoms with Crippen molar-refractivity contribution in [3.8, 4) is 0 Å². The van der Waals surface area contributed by atoms with Crippen molar-refractivity contribution in [3.05, 3.63) is 53.4 Å². The second-order valence-corrected chi connectivity index (χ2v) is 4.03. The Morgan fingerprint density at radius 2 is 2.05 bits per heavy atom. The number of aryl methyl sites for hydroxylation is 1. The maximum absolute atomic E-state index is 13.5. The predicted molar refractivity (Wildman–Crippen MR) is 67.7 cm³/mol. The van der Waals surface area contributed by atoms with Crippen LogP contribution in [0.15, 0.2) is 30.6 Å². The van der Waals surface area contributed by atoms with Crippen molar-refractivity contribution in [2.45, 2.75) is 6.92 Å². The van der Waals surface area contributed by atoms with E-state index in [1.807, 2.05) is 0 Å². The number of rotatable bonds is 2. The normalized spacial score (nSPS) is 10.3. The first-order chi connectivity index (χ1) is 8.99. The van der Waals surface area contributed by atoms with E-state index < -0.39 is 17.5 Å². The molecule has 2 aromatic rings. The van der Waals surface area contributed by atoms with Crippen LogP contribution >= 0.6 is 0 Å². The molecule has 0 aliphatic heterocycles. The van der Waals surface area contributed by atoms with Crippen LogP contribution in [0.1, 0.15) is 15.9 Å². The molecule has 4 nitrogen and oxygen atoms in total. The summed E-state index contributed by atoms with van der Waals surface area (Å²) >= 11 is 0. The largest absolute Gasteiger partial charge is 0.397 e. The zero-order chi connectivity index (χ0) is 14.0. The summed E-state index contributed by atoms with van der Waals surface area (Å²) in [7, 11) is 0. The van der Waals surface area contributed by atoms with Gasteiger partial charge in [0.1, 0.15) is 5.69 Å². The van der Waals surface area contributed by atoms with Gasteiger partial charge in [0.05, 0.1) is 11.3 Å². The van der Waals surface area contributed by atoms with Gasteiger partial charge < -0.3 is 11.1 Å². The van der Waals surface area contributed by atoms with Crippen molar-refractivity contribution in [1.82, 2.24) is 4.98 Å². The van der Waals surface area contributed by atoms with Crippen LogP contribution in [0.2, 0.25) is 0 Å². The Hall–Kier alpha value is -2.50. The van der Waals surface area contributed by atoms with Crippen LogP contribution in [-0.4, -0.2) is 10.9 Å². The van der Waals surface area contributed by atoms with Crippen LogP contribution in [0.4, 0.5) is 20.2 Å². The molecule has 2 rings (SSSR count). The Kier molecular flexibility index (Phi) is 3.41. The lowest BCUT2D eigenvalue weighted by Crippen LogP contribution is -2.15. The van der Waals surface area contributed by atoms with Gasteiger partial charge in [0.25, 0.3) is 5.91 Å². The molecule has 1 aromatic carbocycles. The number of pyridine rings is 1. The van der Waals surface area contributed by atoms with E-state index in [0.29, 0.717) is 0 Å². The Balaban J connectivity index is 2.32. The molecule has 1 amide bonds. The minimum Gasteiger partial charge on any atom is -0.397 e. The average Bonchev–Trinajstić information content (AvgIpc) is 2.39. The molecule has 98 valence electrons. The SMILES string of the molecule is Cc1cncc(C(=O)Nc2c(N)ccc(F)c2F)c1. The van der Waals surface area contributed by atoms with Gasteiger partial charge in [-0.05, 0) is 30.7 Å². The third-order valence-corrected chi connectivity index (χ3v) is 2.50. The predicted octanol–water partition coefficient (Wildman–Crippen LogP) is 2.50. The number of amides is 1. The fourth-order valence-electron chi connectivity index (χ4n) is 1.56. The molecule has 0 saturated carbocycles. The highest BCUT2D eigenvalue weighted by molar-refractivity contribution is 6.05. The first kappa shape index (κ1) is 12.9. The van der Waals surface area contributed by atoms with E-state index in [4.69, 9.17) is 5.73 Å². The topological polar surface area (TPSA) is 68.0 Å². The first-order valence-electron chi connectivity index (χ1n) is 5.45. The number of nitrogens with zero attached hydrogens (tertiary/aromatic N) is 1. The van der Waals surface area contributed by atoms with Gasteiger partial charge in [-0.1, -0.05) is 0 Å². The molecule has 0 atom stereocenters. The summed E-state index contributed by atoms with van der Waals surface area (Å²) in [5, 5.41) is 2.24. The third kappa shape index (κ3) is 2.67. The van der Waals surface area contributed by atoms with Crippen LogP contribution in [0.25, 0.3) is 0 Å². The van der Waals surface area contributed by atoms with E-state index in [9.17, 15) is 13.6 Å². The summed E-state index contributed by atoms with van der Waals surface area (Å²) in [6.45, 7) is 1.76. The van der Waals surface area contributed by atoms with E-state index >= 15 is 0 Å². The number of nitrogens with two attached hydrogens (primary N) is 1. The standard InChI is InChI=1S/C13H11F2N3O/c1-7-4-8(6-17-5-7)13(19)18-12-10(16)3-2-9(14)11(12)15/h2-6H,16H2,1H3,(H,18,19). The monoisotopic (exact) mass is 263 g/mol. The molecule has 1 aromatic heterocycles. The minimum absolute atomic E-state index is 0.0483. The van der Waals surface area contributed by atoms with Crippen LogP contribution in [0, 0.1) is 18.6 Å². The highest BCUT2D eigenvalue weighted by Gasteiger charge is 2.15. The molecule has 0 radical (unpaired) electrons. The fraction of sp³-hybridized carbons (Fsp3) is 0.0769. The number of hydrogen-bond donors (Lipinski definition) is 2. The summed E-state index contributed by atoms with van der Waals surface area (Å²) < 4.78 is 26.6. The quantitative estimate of drug-likeness (QED) is 0.818. The Labute approximate surface area is 108 Å². The van der Waals surface area contributed by atoms with Gasteiger partial charge in [-0.3, -0.25) is 9.78 Å². The molecule has 0 unspecified atom stereocenters. The van der Waals surface area contributed by atoms with E-state index in [1.54, 1.807) is 19.2 Å². The zero-order valence-electron chi connectivity index (χ0n) is 10.1. The van der Waals surface area contributed by atoms with Gasteiger partial charge in [-0.2, -0.15) is 0 Å². The van der Waals surface area contributed by atoms with Crippen molar-refractivity contribution in [3.63, 3.8) is 0 Å². The molecule has 0 aliphatic carbocycles. The summed E-state index contributed by atoms with van der Waals surface area (Å²) in [5.41, 5.74) is 6.11. The van der Waals surface area contributed by atoms with Crippen LogP contribution in [0.5, 0.6) is 0 Å². The minimum atomic E-state index is -1.19. The van der Waals surface area contributed by atoms with Crippen molar-refractivity contribution in [1.29, 1.82) is 0 Å². The lowest BCUT2D eigenvalue weighted by Gasteiger charge is -2.09. The first-order valence-corrected chi connectivity index (χ1v) is 5.45. The third-order valence-electron chi connectivity index (χ3n) is 2.50. The maximum Gasteiger partial charge on any atom is 0.257 e. The van der Waals surface area contributed by atoms with Crippen molar-refractivity contribution < 1.29 is 13.6 Å². The van der Waals surface area contributed by atoms with Crippen molar-refractivity contribution >= 4 is 17.3 Å². The number of carbonyl (C=O) groups is 1. The fourth-order valence-corrected chi connectivity index (χ4v) is 1.56. The molecule has 6 heteroatoms. The maximum atomic E-state index is 13.5. The van der Waals surface area contributed by atoms with Crippen LogP contribution < -0.4 is 11.1 Å². The van der Waals surface area contributed by atoms with Crippen LogP contribution in [0.3, 0.4) is 0 Å².